The number of hydrogen-bond donors (Lipinski definition) is 0. The summed E-state index contributed by atoms with van der Waals surface area (Å²) in [5.74, 6) is -0.286. The fraction of sp³-hybridized carbons (Fsp3) is 0.389. The maximum Gasteiger partial charge on any atom is 0.309 e. The number of amides is 1. The molecule has 7 heteroatoms. The molecule has 2 aromatic heterocycles. The van der Waals surface area contributed by atoms with Crippen LogP contribution in [0.5, 0.6) is 0 Å². The molecule has 0 aliphatic carbocycles. The van der Waals surface area contributed by atoms with Crippen molar-refractivity contribution in [2.24, 2.45) is 11.0 Å². The Morgan fingerprint density at radius 3 is 2.92 bits per heavy atom. The van der Waals surface area contributed by atoms with Gasteiger partial charge in [0.25, 0.3) is 5.91 Å². The Labute approximate surface area is 150 Å². The van der Waals surface area contributed by atoms with Gasteiger partial charge in [-0.3, -0.25) is 9.59 Å². The van der Waals surface area contributed by atoms with E-state index in [0.717, 1.165) is 10.6 Å². The molecule has 2 unspecified atom stereocenters. The summed E-state index contributed by atoms with van der Waals surface area (Å²) < 4.78 is 10.6. The molecule has 2 aromatic rings. The average molecular weight is 360 g/mol. The van der Waals surface area contributed by atoms with E-state index >= 15 is 0 Å². The van der Waals surface area contributed by atoms with Gasteiger partial charge in [-0.2, -0.15) is 5.10 Å². The smallest absolute Gasteiger partial charge is 0.309 e. The van der Waals surface area contributed by atoms with Crippen LogP contribution in [0.2, 0.25) is 0 Å². The molecule has 0 bridgehead atoms. The monoisotopic (exact) mass is 360 g/mol. The second-order valence-electron chi connectivity index (χ2n) is 5.91. The summed E-state index contributed by atoms with van der Waals surface area (Å²) in [5.41, 5.74) is 0.831. The molecular weight excluding hydrogens is 340 g/mol. The molecule has 0 aromatic carbocycles. The Morgan fingerprint density at radius 1 is 1.44 bits per heavy atom. The van der Waals surface area contributed by atoms with Gasteiger partial charge in [0.1, 0.15) is 11.8 Å². The van der Waals surface area contributed by atoms with Crippen molar-refractivity contribution in [2.45, 2.75) is 32.7 Å². The largest absolute Gasteiger partial charge is 0.467 e. The van der Waals surface area contributed by atoms with Crippen LogP contribution in [-0.2, 0) is 14.3 Å². The van der Waals surface area contributed by atoms with Crippen molar-refractivity contribution in [3.63, 3.8) is 0 Å². The van der Waals surface area contributed by atoms with Crippen molar-refractivity contribution in [2.75, 3.05) is 6.61 Å². The van der Waals surface area contributed by atoms with E-state index in [-0.39, 0.29) is 30.4 Å². The number of thiophene rings is 1. The highest BCUT2D eigenvalue weighted by Crippen LogP contribution is 2.34. The van der Waals surface area contributed by atoms with E-state index in [1.54, 1.807) is 30.6 Å². The molecule has 0 spiro atoms. The summed E-state index contributed by atoms with van der Waals surface area (Å²) in [6.45, 7) is 3.36. The van der Waals surface area contributed by atoms with Gasteiger partial charge in [0.2, 0.25) is 0 Å². The third-order valence-corrected chi connectivity index (χ3v) is 5.11. The first-order chi connectivity index (χ1) is 12.1. The summed E-state index contributed by atoms with van der Waals surface area (Å²) in [5, 5.41) is 7.81. The van der Waals surface area contributed by atoms with Crippen molar-refractivity contribution >= 4 is 28.9 Å². The van der Waals surface area contributed by atoms with E-state index in [1.807, 2.05) is 30.5 Å². The predicted molar refractivity (Wildman–Crippen MR) is 94.2 cm³/mol. The van der Waals surface area contributed by atoms with E-state index in [9.17, 15) is 9.59 Å². The fourth-order valence-corrected chi connectivity index (χ4v) is 3.26. The number of carbonyl (C=O) groups excluding carboxylic acids is 2. The van der Waals surface area contributed by atoms with Crippen molar-refractivity contribution in [1.82, 2.24) is 5.01 Å². The topological polar surface area (TPSA) is 72.1 Å². The Hall–Kier alpha value is -2.41. The molecule has 0 N–H and O–H groups in total. The van der Waals surface area contributed by atoms with Gasteiger partial charge in [-0.1, -0.05) is 19.9 Å². The quantitative estimate of drug-likeness (QED) is 0.738. The van der Waals surface area contributed by atoms with Gasteiger partial charge in [0.15, 0.2) is 6.61 Å². The van der Waals surface area contributed by atoms with Crippen molar-refractivity contribution in [3.8, 4) is 0 Å². The Balaban J connectivity index is 1.75. The van der Waals surface area contributed by atoms with Gasteiger partial charge in [-0.25, -0.2) is 5.01 Å². The lowest BCUT2D eigenvalue weighted by molar-refractivity contribution is -0.156. The van der Waals surface area contributed by atoms with E-state index in [0.29, 0.717) is 18.6 Å². The van der Waals surface area contributed by atoms with Gasteiger partial charge in [-0.15, -0.1) is 11.3 Å². The lowest BCUT2D eigenvalue weighted by Gasteiger charge is -2.20. The minimum absolute atomic E-state index is 0.225. The maximum atomic E-state index is 12.6. The number of hydrogen-bond acceptors (Lipinski definition) is 6. The number of esters is 1. The first kappa shape index (κ1) is 17.4. The van der Waals surface area contributed by atoms with Gasteiger partial charge < -0.3 is 9.15 Å². The lowest BCUT2D eigenvalue weighted by Crippen LogP contribution is -2.32. The van der Waals surface area contributed by atoms with Gasteiger partial charge in [0.05, 0.1) is 22.8 Å². The van der Waals surface area contributed by atoms with Crippen LogP contribution in [0.4, 0.5) is 0 Å². The number of nitrogens with zero attached hydrogens (tertiary/aromatic N) is 2. The molecular formula is C18H20N2O4S. The molecule has 2 atom stereocenters. The summed E-state index contributed by atoms with van der Waals surface area (Å²) in [4.78, 5) is 25.4. The Kier molecular flexibility index (Phi) is 5.33. The lowest BCUT2D eigenvalue weighted by atomic mass is 10.1. The molecule has 3 rings (SSSR count). The molecule has 0 fully saturated rings. The second-order valence-corrected chi connectivity index (χ2v) is 6.86. The van der Waals surface area contributed by atoms with Crippen LogP contribution in [0.15, 0.2) is 45.4 Å². The van der Waals surface area contributed by atoms with Crippen LogP contribution < -0.4 is 0 Å². The summed E-state index contributed by atoms with van der Waals surface area (Å²) in [6, 6.07) is 7.21. The summed E-state index contributed by atoms with van der Waals surface area (Å²) >= 11 is 1.57. The van der Waals surface area contributed by atoms with Crippen LogP contribution in [0.1, 0.15) is 43.4 Å². The SMILES string of the molecule is CCC(C)C(=O)OCC(=O)N1N=C(c2cccs2)CC1c1ccco1. The number of hydrazone groups is 1. The highest BCUT2D eigenvalue weighted by Gasteiger charge is 2.35. The fourth-order valence-electron chi connectivity index (χ4n) is 2.54. The third-order valence-electron chi connectivity index (χ3n) is 4.20. The Morgan fingerprint density at radius 2 is 2.28 bits per heavy atom. The van der Waals surface area contributed by atoms with Crippen molar-refractivity contribution in [3.05, 3.63) is 46.5 Å². The minimum Gasteiger partial charge on any atom is -0.467 e. The number of carbonyl (C=O) groups is 2. The number of rotatable bonds is 6. The zero-order valence-electron chi connectivity index (χ0n) is 14.2. The number of furan rings is 1. The van der Waals surface area contributed by atoms with Crippen LogP contribution >= 0.6 is 11.3 Å². The summed E-state index contributed by atoms with van der Waals surface area (Å²) in [6.07, 6.45) is 2.82. The van der Waals surface area contributed by atoms with E-state index in [2.05, 4.69) is 5.10 Å². The molecule has 132 valence electrons. The first-order valence-electron chi connectivity index (χ1n) is 8.23. The van der Waals surface area contributed by atoms with Gasteiger partial charge in [-0.05, 0) is 30.0 Å². The van der Waals surface area contributed by atoms with E-state index in [4.69, 9.17) is 9.15 Å². The highest BCUT2D eigenvalue weighted by molar-refractivity contribution is 7.12. The zero-order valence-corrected chi connectivity index (χ0v) is 15.0. The normalized spacial score (nSPS) is 18.1. The van der Waals surface area contributed by atoms with Crippen LogP contribution in [0.25, 0.3) is 0 Å². The van der Waals surface area contributed by atoms with Crippen molar-refractivity contribution < 1.29 is 18.7 Å². The second kappa shape index (κ2) is 7.65. The third kappa shape index (κ3) is 3.82. The standard InChI is InChI=1S/C18H20N2O4S/c1-3-12(2)18(22)24-11-17(21)20-14(15-6-4-8-23-15)10-13(19-20)16-7-5-9-25-16/h4-9,12,14H,3,10-11H2,1-2H3. The van der Waals surface area contributed by atoms with E-state index < -0.39 is 0 Å². The summed E-state index contributed by atoms with van der Waals surface area (Å²) in [7, 11) is 0. The van der Waals surface area contributed by atoms with Crippen LogP contribution in [-0.4, -0.2) is 29.2 Å². The molecule has 0 saturated carbocycles. The van der Waals surface area contributed by atoms with Crippen molar-refractivity contribution in [1.29, 1.82) is 0 Å². The molecule has 25 heavy (non-hydrogen) atoms. The van der Waals surface area contributed by atoms with Crippen LogP contribution in [0.3, 0.4) is 0 Å². The van der Waals surface area contributed by atoms with Gasteiger partial charge in [0, 0.05) is 6.42 Å². The average Bonchev–Trinajstić information content (AvgIpc) is 3.37. The van der Waals surface area contributed by atoms with Crippen LogP contribution in [0, 0.1) is 5.92 Å². The minimum atomic E-state index is -0.368. The van der Waals surface area contributed by atoms with Gasteiger partial charge >= 0.3 is 5.97 Å². The first-order valence-corrected chi connectivity index (χ1v) is 9.11. The highest BCUT2D eigenvalue weighted by atomic mass is 32.1. The molecule has 1 amide bonds. The molecule has 6 nitrogen and oxygen atoms in total. The Bertz CT molecular complexity index is 752. The molecule has 0 radical (unpaired) electrons. The maximum absolute atomic E-state index is 12.6. The zero-order chi connectivity index (χ0) is 17.8. The van der Waals surface area contributed by atoms with E-state index in [1.165, 1.54) is 5.01 Å². The predicted octanol–water partition coefficient (Wildman–Crippen LogP) is 3.61. The molecule has 3 heterocycles. The molecule has 1 aliphatic heterocycles. The number of ether oxygens (including phenoxy) is 1. The molecule has 1 aliphatic rings. The molecule has 0 saturated heterocycles.